The third kappa shape index (κ3) is 3.76. The molecule has 34 heavy (non-hydrogen) atoms. The summed E-state index contributed by atoms with van der Waals surface area (Å²) in [5, 5.41) is 7.50. The smallest absolute Gasteiger partial charge is 0.272 e. The Morgan fingerprint density at radius 3 is 2.68 bits per heavy atom. The summed E-state index contributed by atoms with van der Waals surface area (Å²) in [6.07, 6.45) is 3.85. The summed E-state index contributed by atoms with van der Waals surface area (Å²) < 4.78 is 26.4. The van der Waals surface area contributed by atoms with Crippen LogP contribution >= 0.6 is 11.6 Å². The largest absolute Gasteiger partial charge is 0.493 e. The second-order valence-electron chi connectivity index (χ2n) is 7.77. The summed E-state index contributed by atoms with van der Waals surface area (Å²) in [5.74, 6) is 0.300. The molecule has 5 rings (SSSR count). The van der Waals surface area contributed by atoms with E-state index < -0.39 is 5.82 Å². The summed E-state index contributed by atoms with van der Waals surface area (Å²) in [4.78, 5) is 17.3. The van der Waals surface area contributed by atoms with Crippen LogP contribution in [-0.4, -0.2) is 34.9 Å². The van der Waals surface area contributed by atoms with Gasteiger partial charge in [0.1, 0.15) is 5.82 Å². The summed E-state index contributed by atoms with van der Waals surface area (Å²) in [7, 11) is 3.14. The SMILES string of the molecule is COc1cc2c(cc1OC)-c1c(c(C(=O)NCc3cccnc3)nn1-c1ccc(F)c(Cl)c1)C2. The van der Waals surface area contributed by atoms with E-state index in [4.69, 9.17) is 21.1 Å². The van der Waals surface area contributed by atoms with Crippen LogP contribution in [0.3, 0.4) is 0 Å². The van der Waals surface area contributed by atoms with Crippen LogP contribution in [0.4, 0.5) is 4.39 Å². The lowest BCUT2D eigenvalue weighted by atomic mass is 10.1. The number of hydrogen-bond acceptors (Lipinski definition) is 5. The van der Waals surface area contributed by atoms with Crippen LogP contribution in [0, 0.1) is 5.82 Å². The molecule has 1 N–H and O–H groups in total. The molecule has 2 heterocycles. The Morgan fingerprint density at radius 2 is 1.97 bits per heavy atom. The molecule has 1 aliphatic rings. The van der Waals surface area contributed by atoms with E-state index in [1.165, 1.54) is 12.1 Å². The first-order valence-corrected chi connectivity index (χ1v) is 10.9. The number of benzene rings is 2. The van der Waals surface area contributed by atoms with E-state index in [0.29, 0.717) is 30.2 Å². The maximum absolute atomic E-state index is 13.8. The van der Waals surface area contributed by atoms with Gasteiger partial charge in [-0.05, 0) is 47.5 Å². The lowest BCUT2D eigenvalue weighted by Crippen LogP contribution is -2.24. The molecule has 0 radical (unpaired) electrons. The highest BCUT2D eigenvalue weighted by atomic mass is 35.5. The van der Waals surface area contributed by atoms with E-state index >= 15 is 0 Å². The molecular formula is C25H20ClFN4O3. The van der Waals surface area contributed by atoms with Crippen molar-refractivity contribution in [2.45, 2.75) is 13.0 Å². The Hall–Kier alpha value is -3.91. The Bertz CT molecular complexity index is 1410. The number of ether oxygens (including phenoxy) is 2. The van der Waals surface area contributed by atoms with Crippen molar-refractivity contribution in [3.63, 3.8) is 0 Å². The molecule has 9 heteroatoms. The second kappa shape index (κ2) is 8.79. The molecule has 0 atom stereocenters. The van der Waals surface area contributed by atoms with Crippen molar-refractivity contribution in [1.29, 1.82) is 0 Å². The van der Waals surface area contributed by atoms with Crippen LogP contribution in [0.5, 0.6) is 11.5 Å². The molecule has 0 spiro atoms. The Morgan fingerprint density at radius 1 is 1.18 bits per heavy atom. The first kappa shape index (κ1) is 21.9. The van der Waals surface area contributed by atoms with Crippen molar-refractivity contribution >= 4 is 17.5 Å². The van der Waals surface area contributed by atoms with Crippen molar-refractivity contribution in [2.24, 2.45) is 0 Å². The molecule has 7 nitrogen and oxygen atoms in total. The summed E-state index contributed by atoms with van der Waals surface area (Å²) >= 11 is 6.05. The van der Waals surface area contributed by atoms with Gasteiger partial charge in [-0.1, -0.05) is 17.7 Å². The molecule has 2 aromatic heterocycles. The van der Waals surface area contributed by atoms with Gasteiger partial charge < -0.3 is 14.8 Å². The molecule has 0 saturated carbocycles. The number of halogens is 2. The van der Waals surface area contributed by atoms with E-state index in [1.54, 1.807) is 37.4 Å². The molecule has 1 aliphatic carbocycles. The number of nitrogens with one attached hydrogen (secondary N) is 1. The third-order valence-corrected chi connectivity index (χ3v) is 6.04. The van der Waals surface area contributed by atoms with E-state index in [0.717, 1.165) is 27.9 Å². The van der Waals surface area contributed by atoms with E-state index in [2.05, 4.69) is 15.4 Å². The molecule has 0 saturated heterocycles. The zero-order valence-electron chi connectivity index (χ0n) is 18.4. The number of carbonyl (C=O) groups is 1. The van der Waals surface area contributed by atoms with Gasteiger partial charge in [-0.15, -0.1) is 0 Å². The number of nitrogens with zero attached hydrogens (tertiary/aromatic N) is 3. The standard InChI is InChI=1S/C25H20ClFN4O3/c1-33-21-9-15-8-18-23(25(32)29-13-14-4-3-7-28-12-14)30-31(16-5-6-20(27)19(26)10-16)24(18)17(15)11-22(21)34-2/h3-7,9-12H,8,13H2,1-2H3,(H,29,32). The first-order chi connectivity index (χ1) is 16.5. The minimum Gasteiger partial charge on any atom is -0.493 e. The Labute approximate surface area is 200 Å². The predicted molar refractivity (Wildman–Crippen MR) is 125 cm³/mol. The maximum atomic E-state index is 13.8. The average Bonchev–Trinajstić information content (AvgIpc) is 3.41. The Kier molecular flexibility index (Phi) is 5.67. The number of methoxy groups -OCH3 is 2. The van der Waals surface area contributed by atoms with Crippen LogP contribution in [0.15, 0.2) is 54.9 Å². The molecule has 0 bridgehead atoms. The highest BCUT2D eigenvalue weighted by Crippen LogP contribution is 2.45. The van der Waals surface area contributed by atoms with Crippen LogP contribution in [-0.2, 0) is 13.0 Å². The number of fused-ring (bicyclic) bond motifs is 3. The van der Waals surface area contributed by atoms with Crippen LogP contribution in [0.25, 0.3) is 16.9 Å². The normalized spacial score (nSPS) is 11.6. The quantitative estimate of drug-likeness (QED) is 0.386. The van der Waals surface area contributed by atoms with E-state index in [9.17, 15) is 9.18 Å². The van der Waals surface area contributed by atoms with Crippen molar-refractivity contribution < 1.29 is 18.7 Å². The number of aromatic nitrogens is 3. The molecule has 1 amide bonds. The van der Waals surface area contributed by atoms with Gasteiger partial charge in [0.25, 0.3) is 5.91 Å². The van der Waals surface area contributed by atoms with Gasteiger partial charge in [0.2, 0.25) is 0 Å². The fraction of sp³-hybridized carbons (Fsp3) is 0.160. The van der Waals surface area contributed by atoms with Crippen molar-refractivity contribution in [3.8, 4) is 28.4 Å². The zero-order valence-corrected chi connectivity index (χ0v) is 19.2. The monoisotopic (exact) mass is 478 g/mol. The van der Waals surface area contributed by atoms with Gasteiger partial charge in [0.05, 0.1) is 30.6 Å². The highest BCUT2D eigenvalue weighted by Gasteiger charge is 2.32. The molecule has 172 valence electrons. The van der Waals surface area contributed by atoms with Crippen LogP contribution in [0.2, 0.25) is 5.02 Å². The number of amides is 1. The number of carbonyl (C=O) groups excluding carboxylic acids is 1. The number of pyridine rings is 1. The van der Waals surface area contributed by atoms with Crippen molar-refractivity contribution in [3.05, 3.63) is 88.1 Å². The van der Waals surface area contributed by atoms with Gasteiger partial charge in [0, 0.05) is 36.5 Å². The van der Waals surface area contributed by atoms with Crippen molar-refractivity contribution in [1.82, 2.24) is 20.1 Å². The average molecular weight is 479 g/mol. The van der Waals surface area contributed by atoms with Crippen LogP contribution < -0.4 is 14.8 Å². The van der Waals surface area contributed by atoms with E-state index in [1.807, 2.05) is 24.3 Å². The van der Waals surface area contributed by atoms with Gasteiger partial charge >= 0.3 is 0 Å². The lowest BCUT2D eigenvalue weighted by Gasteiger charge is -2.12. The van der Waals surface area contributed by atoms with Gasteiger partial charge in [0.15, 0.2) is 17.2 Å². The summed E-state index contributed by atoms with van der Waals surface area (Å²) in [6, 6.07) is 11.8. The van der Waals surface area contributed by atoms with E-state index in [-0.39, 0.29) is 16.6 Å². The highest BCUT2D eigenvalue weighted by molar-refractivity contribution is 6.30. The molecule has 0 fully saturated rings. The fourth-order valence-corrected chi connectivity index (χ4v) is 4.30. The first-order valence-electron chi connectivity index (χ1n) is 10.5. The zero-order chi connectivity index (χ0) is 23.8. The van der Waals surface area contributed by atoms with Gasteiger partial charge in [-0.2, -0.15) is 5.10 Å². The minimum absolute atomic E-state index is 0.0325. The minimum atomic E-state index is -0.532. The lowest BCUT2D eigenvalue weighted by molar-refractivity contribution is 0.0944. The maximum Gasteiger partial charge on any atom is 0.272 e. The van der Waals surface area contributed by atoms with Gasteiger partial charge in [-0.3, -0.25) is 9.78 Å². The third-order valence-electron chi connectivity index (χ3n) is 5.75. The molecule has 2 aromatic carbocycles. The topological polar surface area (TPSA) is 78.3 Å². The molecule has 0 unspecified atom stereocenters. The molecular weight excluding hydrogens is 459 g/mol. The summed E-state index contributed by atoms with van der Waals surface area (Å²) in [6.45, 7) is 0.311. The predicted octanol–water partition coefficient (Wildman–Crippen LogP) is 4.58. The molecule has 0 aliphatic heterocycles. The van der Waals surface area contributed by atoms with Crippen LogP contribution in [0.1, 0.15) is 27.2 Å². The number of rotatable bonds is 6. The molecule has 4 aromatic rings. The second-order valence-corrected chi connectivity index (χ2v) is 8.18. The van der Waals surface area contributed by atoms with Gasteiger partial charge in [-0.25, -0.2) is 9.07 Å². The number of hydrogen-bond donors (Lipinski definition) is 1. The van der Waals surface area contributed by atoms with Crippen molar-refractivity contribution in [2.75, 3.05) is 14.2 Å². The fourth-order valence-electron chi connectivity index (χ4n) is 4.13. The summed E-state index contributed by atoms with van der Waals surface area (Å²) in [5.41, 5.74) is 5.00. The Balaban J connectivity index is 1.61.